The van der Waals surface area contributed by atoms with Crippen molar-refractivity contribution in [2.24, 2.45) is 0 Å². The third kappa shape index (κ3) is 7.60. The molecule has 0 spiro atoms. The van der Waals surface area contributed by atoms with Crippen LogP contribution in [0.25, 0.3) is 0 Å². The van der Waals surface area contributed by atoms with Gasteiger partial charge in [0.15, 0.2) is 0 Å². The van der Waals surface area contributed by atoms with Crippen molar-refractivity contribution >= 4 is 0 Å². The molecule has 0 aromatic rings. The molecule has 0 aromatic heterocycles. The molecule has 0 fully saturated rings. The number of hydrogen-bond acceptors (Lipinski definition) is 0. The SMILES string of the molecule is C.C=CC(=C/C)/C(C=C)=C\CC.CC. The van der Waals surface area contributed by atoms with Crippen molar-refractivity contribution < 1.29 is 0 Å². The minimum absolute atomic E-state index is 0. The number of rotatable bonds is 4. The molecule has 0 saturated carbocycles. The topological polar surface area (TPSA) is 0 Å². The Hall–Kier alpha value is -1.04. The number of hydrogen-bond donors (Lipinski definition) is 0. The van der Waals surface area contributed by atoms with Crippen molar-refractivity contribution in [2.75, 3.05) is 0 Å². The molecule has 0 aromatic carbocycles. The van der Waals surface area contributed by atoms with Gasteiger partial charge in [0.25, 0.3) is 0 Å². The van der Waals surface area contributed by atoms with E-state index in [9.17, 15) is 0 Å². The van der Waals surface area contributed by atoms with E-state index >= 15 is 0 Å². The van der Waals surface area contributed by atoms with Gasteiger partial charge in [-0.05, 0) is 24.5 Å². The lowest BCUT2D eigenvalue weighted by molar-refractivity contribution is 1.20. The van der Waals surface area contributed by atoms with Gasteiger partial charge in [0, 0.05) is 0 Å². The highest BCUT2D eigenvalue weighted by Gasteiger charge is 1.92. The molecule has 0 heteroatoms. The highest BCUT2D eigenvalue weighted by molar-refractivity contribution is 5.44. The van der Waals surface area contributed by atoms with Crippen molar-refractivity contribution in [1.29, 1.82) is 0 Å². The molecule has 0 saturated heterocycles. The summed E-state index contributed by atoms with van der Waals surface area (Å²) in [6, 6.07) is 0. The summed E-state index contributed by atoms with van der Waals surface area (Å²) >= 11 is 0. The van der Waals surface area contributed by atoms with E-state index in [2.05, 4.69) is 26.2 Å². The quantitative estimate of drug-likeness (QED) is 0.532. The molecule has 0 rings (SSSR count). The highest BCUT2D eigenvalue weighted by atomic mass is 14.0. The lowest BCUT2D eigenvalue weighted by Gasteiger charge is -2.00. The summed E-state index contributed by atoms with van der Waals surface area (Å²) in [5.74, 6) is 0. The first-order valence-corrected chi connectivity index (χ1v) is 4.91. The predicted octanol–water partition coefficient (Wildman–Crippen LogP) is 5.30. The molecule has 0 unspecified atom stereocenters. The summed E-state index contributed by atoms with van der Waals surface area (Å²) in [4.78, 5) is 0. The monoisotopic (exact) mass is 194 g/mol. The summed E-state index contributed by atoms with van der Waals surface area (Å²) in [5.41, 5.74) is 2.33. The number of allylic oxidation sites excluding steroid dienone is 6. The van der Waals surface area contributed by atoms with Crippen LogP contribution in [0, 0.1) is 0 Å². The third-order valence-corrected chi connectivity index (χ3v) is 1.51. The Morgan fingerprint density at radius 3 is 1.71 bits per heavy atom. The Kier molecular flexibility index (Phi) is 19.3. The van der Waals surface area contributed by atoms with Gasteiger partial charge in [0.2, 0.25) is 0 Å². The van der Waals surface area contributed by atoms with Gasteiger partial charge >= 0.3 is 0 Å². The van der Waals surface area contributed by atoms with Gasteiger partial charge in [-0.3, -0.25) is 0 Å². The van der Waals surface area contributed by atoms with Crippen LogP contribution in [0.2, 0.25) is 0 Å². The summed E-state index contributed by atoms with van der Waals surface area (Å²) < 4.78 is 0. The lowest BCUT2D eigenvalue weighted by Crippen LogP contribution is -1.80. The highest BCUT2D eigenvalue weighted by Crippen LogP contribution is 2.12. The summed E-state index contributed by atoms with van der Waals surface area (Å²) in [6.45, 7) is 15.6. The summed E-state index contributed by atoms with van der Waals surface area (Å²) in [5, 5.41) is 0. The fourth-order valence-electron chi connectivity index (χ4n) is 0.941. The minimum atomic E-state index is 0. The van der Waals surface area contributed by atoms with E-state index < -0.39 is 0 Å². The molecule has 0 N–H and O–H groups in total. The van der Waals surface area contributed by atoms with Crippen LogP contribution in [-0.4, -0.2) is 0 Å². The molecule has 0 heterocycles. The maximum absolute atomic E-state index is 3.74. The zero-order valence-corrected chi connectivity index (χ0v) is 9.43. The normalized spacial score (nSPS) is 10.6. The van der Waals surface area contributed by atoms with Crippen molar-refractivity contribution in [2.45, 2.75) is 41.5 Å². The largest absolute Gasteiger partial charge is 0.0985 e. The van der Waals surface area contributed by atoms with E-state index in [4.69, 9.17) is 0 Å². The molecule has 0 bridgehead atoms. The molecule has 0 aliphatic carbocycles. The Bertz CT molecular complexity index is 192. The van der Waals surface area contributed by atoms with Gasteiger partial charge in [0.1, 0.15) is 0 Å². The van der Waals surface area contributed by atoms with Crippen LogP contribution in [0.15, 0.2) is 48.6 Å². The van der Waals surface area contributed by atoms with E-state index in [1.807, 2.05) is 39.0 Å². The summed E-state index contributed by atoms with van der Waals surface area (Å²) in [7, 11) is 0. The fourth-order valence-corrected chi connectivity index (χ4v) is 0.941. The molecule has 0 nitrogen and oxygen atoms in total. The van der Waals surface area contributed by atoms with Crippen LogP contribution < -0.4 is 0 Å². The van der Waals surface area contributed by atoms with Crippen LogP contribution in [-0.2, 0) is 0 Å². The van der Waals surface area contributed by atoms with Gasteiger partial charge in [-0.1, -0.05) is 65.7 Å². The van der Waals surface area contributed by atoms with Crippen molar-refractivity contribution in [3.05, 3.63) is 48.6 Å². The smallest absolute Gasteiger partial charge is 0.0234 e. The standard InChI is InChI=1S/C11H16.C2H6.CH4/c1-5-9-11(8-4)10(6-2)7-3;1-2;/h6-9H,2,4-5H2,1,3H3;1-2H3;1H4/b10-7-,11-9-;;. The van der Waals surface area contributed by atoms with Crippen LogP contribution >= 0.6 is 0 Å². The Morgan fingerprint density at radius 2 is 1.50 bits per heavy atom. The third-order valence-electron chi connectivity index (χ3n) is 1.51. The van der Waals surface area contributed by atoms with E-state index in [0.717, 1.165) is 12.0 Å². The van der Waals surface area contributed by atoms with E-state index in [1.54, 1.807) is 0 Å². The molecule has 0 aliphatic rings. The summed E-state index contributed by atoms with van der Waals surface area (Å²) in [6.07, 6.45) is 8.93. The van der Waals surface area contributed by atoms with Crippen LogP contribution in [0.1, 0.15) is 41.5 Å². The fraction of sp³-hybridized carbons (Fsp3) is 0.429. The molecule has 14 heavy (non-hydrogen) atoms. The average Bonchev–Trinajstić information content (AvgIpc) is 2.21. The van der Waals surface area contributed by atoms with Crippen LogP contribution in [0.5, 0.6) is 0 Å². The first-order chi connectivity index (χ1) is 6.29. The van der Waals surface area contributed by atoms with Gasteiger partial charge in [-0.2, -0.15) is 0 Å². The second-order valence-electron chi connectivity index (χ2n) is 2.22. The van der Waals surface area contributed by atoms with Crippen LogP contribution in [0.3, 0.4) is 0 Å². The minimum Gasteiger partial charge on any atom is -0.0985 e. The maximum Gasteiger partial charge on any atom is -0.0234 e. The molecular weight excluding hydrogens is 168 g/mol. The average molecular weight is 194 g/mol. The van der Waals surface area contributed by atoms with E-state index in [1.165, 1.54) is 5.57 Å². The maximum atomic E-state index is 3.74. The van der Waals surface area contributed by atoms with Gasteiger partial charge in [-0.25, -0.2) is 0 Å². The zero-order valence-electron chi connectivity index (χ0n) is 9.43. The van der Waals surface area contributed by atoms with Gasteiger partial charge < -0.3 is 0 Å². The Balaban J connectivity index is -0.000000376. The van der Waals surface area contributed by atoms with Crippen molar-refractivity contribution in [3.63, 3.8) is 0 Å². The Labute approximate surface area is 90.7 Å². The zero-order chi connectivity index (χ0) is 10.7. The predicted molar refractivity (Wildman–Crippen MR) is 70.6 cm³/mol. The first kappa shape index (κ1) is 18.7. The van der Waals surface area contributed by atoms with E-state index in [-0.39, 0.29) is 7.43 Å². The van der Waals surface area contributed by atoms with Crippen molar-refractivity contribution in [1.82, 2.24) is 0 Å². The van der Waals surface area contributed by atoms with Gasteiger partial charge in [0.05, 0.1) is 0 Å². The molecular formula is C14H26. The molecule has 0 radical (unpaired) electrons. The van der Waals surface area contributed by atoms with Gasteiger partial charge in [-0.15, -0.1) is 0 Å². The van der Waals surface area contributed by atoms with Crippen molar-refractivity contribution in [3.8, 4) is 0 Å². The molecule has 0 amide bonds. The second-order valence-corrected chi connectivity index (χ2v) is 2.22. The molecule has 82 valence electrons. The Morgan fingerprint density at radius 1 is 1.07 bits per heavy atom. The van der Waals surface area contributed by atoms with Crippen LogP contribution in [0.4, 0.5) is 0 Å². The van der Waals surface area contributed by atoms with E-state index in [0.29, 0.717) is 0 Å². The molecule has 0 aliphatic heterocycles. The first-order valence-electron chi connectivity index (χ1n) is 4.91. The molecule has 0 atom stereocenters. The lowest BCUT2D eigenvalue weighted by atomic mass is 10.1. The second kappa shape index (κ2) is 14.5.